The monoisotopic (exact) mass is 371 g/mol. The zero-order chi connectivity index (χ0) is 19.7. The van der Waals surface area contributed by atoms with Crippen LogP contribution in [0.4, 0.5) is 0 Å². The molecule has 3 heterocycles. The van der Waals surface area contributed by atoms with Gasteiger partial charge in [0.1, 0.15) is 16.1 Å². The fourth-order valence-corrected chi connectivity index (χ4v) is 3.07. The number of aromatic amines is 3. The molecule has 7 heteroatoms. The third-order valence-electron chi connectivity index (χ3n) is 4.68. The molecule has 1 aliphatic rings. The molecule has 3 aromatic rings. The maximum absolute atomic E-state index is 12.5. The summed E-state index contributed by atoms with van der Waals surface area (Å²) in [5, 5.41) is 0.280. The summed E-state index contributed by atoms with van der Waals surface area (Å²) in [4.78, 5) is 41.6. The Morgan fingerprint density at radius 2 is 1.68 bits per heavy atom. The second-order valence-corrected chi connectivity index (χ2v) is 6.38. The minimum Gasteiger partial charge on any atom is -0.347 e. The molecule has 0 spiro atoms. The first-order valence-electron chi connectivity index (χ1n) is 8.57. The summed E-state index contributed by atoms with van der Waals surface area (Å²) < 4.78 is 0. The van der Waals surface area contributed by atoms with Gasteiger partial charge in [0.25, 0.3) is 11.1 Å². The van der Waals surface area contributed by atoms with Gasteiger partial charge in [0, 0.05) is 6.21 Å². The van der Waals surface area contributed by atoms with Crippen LogP contribution in [0.1, 0.15) is 17.0 Å². The minimum atomic E-state index is -0.656. The highest BCUT2D eigenvalue weighted by Gasteiger charge is 2.39. The first-order chi connectivity index (χ1) is 13.5. The van der Waals surface area contributed by atoms with Crippen LogP contribution in [-0.4, -0.2) is 26.2 Å². The number of hydrogen-bond acceptors (Lipinski definition) is 4. The van der Waals surface area contributed by atoms with Crippen LogP contribution in [0.25, 0.3) is 12.2 Å². The topological polar surface area (TPSA) is 107 Å². The van der Waals surface area contributed by atoms with Gasteiger partial charge < -0.3 is 15.0 Å². The van der Waals surface area contributed by atoms with Crippen LogP contribution < -0.4 is 21.8 Å². The lowest BCUT2D eigenvalue weighted by atomic mass is 9.78. The Morgan fingerprint density at radius 3 is 2.25 bits per heavy atom. The summed E-state index contributed by atoms with van der Waals surface area (Å²) in [5.41, 5.74) is 1.12. The maximum atomic E-state index is 12.5. The van der Waals surface area contributed by atoms with Gasteiger partial charge in [-0.15, -0.1) is 6.58 Å². The molecule has 28 heavy (non-hydrogen) atoms. The number of allylic oxidation sites excluding steroid dienone is 1. The van der Waals surface area contributed by atoms with E-state index in [0.29, 0.717) is 17.1 Å². The fourth-order valence-electron chi connectivity index (χ4n) is 3.07. The van der Waals surface area contributed by atoms with Crippen LogP contribution in [0.15, 0.2) is 76.2 Å². The molecule has 7 nitrogen and oxygen atoms in total. The minimum absolute atomic E-state index is 0.102. The van der Waals surface area contributed by atoms with Crippen molar-refractivity contribution in [2.75, 3.05) is 0 Å². The van der Waals surface area contributed by atoms with Crippen LogP contribution >= 0.6 is 0 Å². The predicted molar refractivity (Wildman–Crippen MR) is 109 cm³/mol. The summed E-state index contributed by atoms with van der Waals surface area (Å²) >= 11 is 0. The van der Waals surface area contributed by atoms with E-state index in [0.717, 1.165) is 5.56 Å². The van der Waals surface area contributed by atoms with Gasteiger partial charge in [-0.25, -0.2) is 4.98 Å². The van der Waals surface area contributed by atoms with E-state index in [2.05, 4.69) is 38.1 Å². The smallest absolute Gasteiger partial charge is 0.272 e. The van der Waals surface area contributed by atoms with E-state index in [1.165, 1.54) is 12.4 Å². The Kier molecular flexibility index (Phi) is 4.12. The molecule has 0 saturated heterocycles. The summed E-state index contributed by atoms with van der Waals surface area (Å²) in [6.07, 6.45) is 8.06. The van der Waals surface area contributed by atoms with E-state index in [1.54, 1.807) is 18.4 Å². The molecular weight excluding hydrogens is 354 g/mol. The lowest BCUT2D eigenvalue weighted by Gasteiger charge is -2.32. The van der Waals surface area contributed by atoms with Crippen LogP contribution in [-0.2, 0) is 5.41 Å². The molecule has 0 fully saturated rings. The van der Waals surface area contributed by atoms with Gasteiger partial charge in [0.15, 0.2) is 0 Å². The number of nitrogens with one attached hydrogen (secondary N) is 3. The highest BCUT2D eigenvalue weighted by Crippen LogP contribution is 2.38. The van der Waals surface area contributed by atoms with E-state index in [4.69, 9.17) is 0 Å². The van der Waals surface area contributed by atoms with Crippen molar-refractivity contribution < 1.29 is 0 Å². The molecule has 0 amide bonds. The molecule has 0 saturated carbocycles. The Hall–Kier alpha value is -4.00. The SMILES string of the molecule is C=CC1(c2[nH]cnc2/C=c2\[nH]c(=O)/c(=C/c3ccccc3)[nH]c2=O)C=NC1=C. The van der Waals surface area contributed by atoms with Crippen LogP contribution in [0, 0.1) is 0 Å². The molecule has 138 valence electrons. The summed E-state index contributed by atoms with van der Waals surface area (Å²) in [7, 11) is 0. The van der Waals surface area contributed by atoms with Gasteiger partial charge in [-0.1, -0.05) is 43.0 Å². The highest BCUT2D eigenvalue weighted by atomic mass is 16.1. The number of aliphatic imine (C=N–C) groups is 1. The number of hydrogen-bond donors (Lipinski definition) is 3. The van der Waals surface area contributed by atoms with Crippen LogP contribution in [0.3, 0.4) is 0 Å². The quantitative estimate of drug-likeness (QED) is 0.580. The van der Waals surface area contributed by atoms with Gasteiger partial charge >= 0.3 is 0 Å². The number of rotatable bonds is 4. The van der Waals surface area contributed by atoms with Crippen LogP contribution in [0.5, 0.6) is 0 Å². The number of H-pyrrole nitrogens is 3. The third kappa shape index (κ3) is 2.79. The molecular formula is C21H17N5O2. The second-order valence-electron chi connectivity index (χ2n) is 6.38. The number of benzene rings is 1. The number of imidazole rings is 1. The summed E-state index contributed by atoms with van der Waals surface area (Å²) in [6, 6.07) is 9.27. The molecule has 3 N–H and O–H groups in total. The van der Waals surface area contributed by atoms with Crippen molar-refractivity contribution in [3.63, 3.8) is 0 Å². The predicted octanol–water partition coefficient (Wildman–Crippen LogP) is 0.466. The zero-order valence-electron chi connectivity index (χ0n) is 14.9. The Balaban J connectivity index is 1.84. The molecule has 4 rings (SSSR count). The Morgan fingerprint density at radius 1 is 1.00 bits per heavy atom. The van der Waals surface area contributed by atoms with E-state index in [1.807, 2.05) is 30.3 Å². The van der Waals surface area contributed by atoms with Gasteiger partial charge in [0.2, 0.25) is 0 Å². The largest absolute Gasteiger partial charge is 0.347 e. The van der Waals surface area contributed by atoms with Crippen molar-refractivity contribution in [2.45, 2.75) is 5.41 Å². The van der Waals surface area contributed by atoms with Crippen molar-refractivity contribution in [3.8, 4) is 0 Å². The molecule has 1 unspecified atom stereocenters. The fraction of sp³-hybridized carbons (Fsp3) is 0.0476. The Bertz CT molecular complexity index is 1340. The average molecular weight is 371 g/mol. The van der Waals surface area contributed by atoms with Gasteiger partial charge in [0.05, 0.1) is 23.4 Å². The zero-order valence-corrected chi connectivity index (χ0v) is 14.9. The molecule has 1 aromatic carbocycles. The van der Waals surface area contributed by atoms with Gasteiger partial charge in [-0.2, -0.15) is 0 Å². The normalized spacial score (nSPS) is 19.6. The molecule has 2 aromatic heterocycles. The molecule has 0 aliphatic carbocycles. The van der Waals surface area contributed by atoms with Gasteiger partial charge in [-0.3, -0.25) is 14.6 Å². The summed E-state index contributed by atoms with van der Waals surface area (Å²) in [6.45, 7) is 7.76. The van der Waals surface area contributed by atoms with Crippen molar-refractivity contribution in [1.82, 2.24) is 19.9 Å². The van der Waals surface area contributed by atoms with E-state index < -0.39 is 16.5 Å². The van der Waals surface area contributed by atoms with Crippen LogP contribution in [0.2, 0.25) is 0 Å². The third-order valence-corrected chi connectivity index (χ3v) is 4.68. The first-order valence-corrected chi connectivity index (χ1v) is 8.57. The number of nitrogens with zero attached hydrogens (tertiary/aromatic N) is 2. The first kappa shape index (κ1) is 17.4. The molecule has 1 aliphatic heterocycles. The van der Waals surface area contributed by atoms with E-state index in [-0.39, 0.29) is 10.7 Å². The van der Waals surface area contributed by atoms with Crippen molar-refractivity contribution in [3.05, 3.63) is 110 Å². The van der Waals surface area contributed by atoms with Crippen molar-refractivity contribution >= 4 is 18.4 Å². The lowest BCUT2D eigenvalue weighted by molar-refractivity contribution is 0.766. The van der Waals surface area contributed by atoms with Crippen molar-refractivity contribution in [1.29, 1.82) is 0 Å². The highest BCUT2D eigenvalue weighted by molar-refractivity contribution is 5.89. The van der Waals surface area contributed by atoms with Gasteiger partial charge in [-0.05, 0) is 17.7 Å². The van der Waals surface area contributed by atoms with E-state index in [9.17, 15) is 9.59 Å². The lowest BCUT2D eigenvalue weighted by Crippen LogP contribution is -2.47. The number of aromatic nitrogens is 4. The molecule has 1 atom stereocenters. The molecule has 0 radical (unpaired) electrons. The standard InChI is InChI=1S/C21H17N5O2/c1-3-21(11-22-13(21)2)18-15(23-12-24-18)10-17-20(28)25-16(19(27)26-17)9-14-7-5-4-6-8-14/h3-12H,1-2H2,(H,23,24)(H,25,28)(H,26,27)/b16-9-,17-10-. The van der Waals surface area contributed by atoms with Crippen molar-refractivity contribution in [2.24, 2.45) is 4.99 Å². The maximum Gasteiger partial charge on any atom is 0.272 e. The Labute approximate surface area is 159 Å². The second kappa shape index (κ2) is 6.62. The molecule has 0 bridgehead atoms. The average Bonchev–Trinajstić information content (AvgIpc) is 3.14. The van der Waals surface area contributed by atoms with E-state index >= 15 is 0 Å². The summed E-state index contributed by atoms with van der Waals surface area (Å²) in [5.74, 6) is 0.